The number of alkyl halides is 3. The van der Waals surface area contributed by atoms with Crippen molar-refractivity contribution in [3.05, 3.63) is 58.6 Å². The number of imide groups is 1. The third kappa shape index (κ3) is 8.34. The molecule has 0 radical (unpaired) electrons. The number of urea groups is 1. The number of nitrogens with one attached hydrogen (secondary N) is 2. The summed E-state index contributed by atoms with van der Waals surface area (Å²) in [4.78, 5) is 34.9. The van der Waals surface area contributed by atoms with E-state index in [0.29, 0.717) is 10.8 Å². The SMILES string of the molecule is COc1cc(C(=O)OCC(=O)NC(=O)NCC(F)(F)F)ccc1OCc1ccc(Cl)cc1. The van der Waals surface area contributed by atoms with Gasteiger partial charge in [0, 0.05) is 5.02 Å². The molecule has 0 spiro atoms. The van der Waals surface area contributed by atoms with Gasteiger partial charge < -0.3 is 19.5 Å². The Balaban J connectivity index is 1.88. The molecule has 32 heavy (non-hydrogen) atoms. The van der Waals surface area contributed by atoms with Gasteiger partial charge >= 0.3 is 18.2 Å². The quantitative estimate of drug-likeness (QED) is 0.568. The lowest BCUT2D eigenvalue weighted by molar-refractivity contribution is -0.125. The molecule has 2 rings (SSSR count). The fraction of sp³-hybridized carbons (Fsp3) is 0.250. The van der Waals surface area contributed by atoms with Crippen LogP contribution >= 0.6 is 11.6 Å². The largest absolute Gasteiger partial charge is 0.493 e. The summed E-state index contributed by atoms with van der Waals surface area (Å²) < 4.78 is 51.7. The second-order valence-corrected chi connectivity index (χ2v) is 6.64. The Kier molecular flexibility index (Phi) is 8.71. The molecule has 0 aromatic heterocycles. The van der Waals surface area contributed by atoms with Gasteiger partial charge in [-0.3, -0.25) is 10.1 Å². The van der Waals surface area contributed by atoms with Crippen molar-refractivity contribution in [3.63, 3.8) is 0 Å². The summed E-state index contributed by atoms with van der Waals surface area (Å²) in [6.07, 6.45) is -4.63. The van der Waals surface area contributed by atoms with Crippen molar-refractivity contribution >= 4 is 29.5 Å². The molecule has 0 saturated heterocycles. The maximum absolute atomic E-state index is 12.1. The number of carbonyl (C=O) groups excluding carboxylic acids is 3. The molecule has 12 heteroatoms. The van der Waals surface area contributed by atoms with Crippen molar-refractivity contribution in [2.24, 2.45) is 0 Å². The summed E-state index contributed by atoms with van der Waals surface area (Å²) in [5.41, 5.74) is 0.875. The minimum atomic E-state index is -4.63. The van der Waals surface area contributed by atoms with E-state index in [2.05, 4.69) is 0 Å². The van der Waals surface area contributed by atoms with Crippen LogP contribution in [0.2, 0.25) is 5.02 Å². The lowest BCUT2D eigenvalue weighted by Crippen LogP contribution is -2.44. The number of rotatable bonds is 8. The highest BCUT2D eigenvalue weighted by atomic mass is 35.5. The van der Waals surface area contributed by atoms with Crippen LogP contribution in [0.25, 0.3) is 0 Å². The zero-order valence-corrected chi connectivity index (χ0v) is 17.4. The second-order valence-electron chi connectivity index (χ2n) is 6.20. The molecule has 0 aliphatic heterocycles. The van der Waals surface area contributed by atoms with E-state index in [0.717, 1.165) is 5.56 Å². The first-order valence-corrected chi connectivity index (χ1v) is 9.32. The number of halogens is 4. The van der Waals surface area contributed by atoms with E-state index < -0.39 is 37.2 Å². The summed E-state index contributed by atoms with van der Waals surface area (Å²) >= 11 is 5.83. The lowest BCUT2D eigenvalue weighted by Gasteiger charge is -2.12. The summed E-state index contributed by atoms with van der Waals surface area (Å²) in [6.45, 7) is -2.28. The lowest BCUT2D eigenvalue weighted by atomic mass is 10.2. The van der Waals surface area contributed by atoms with Gasteiger partial charge in [-0.1, -0.05) is 23.7 Å². The van der Waals surface area contributed by atoms with Crippen LogP contribution in [0.15, 0.2) is 42.5 Å². The molecule has 8 nitrogen and oxygen atoms in total. The number of carbonyl (C=O) groups is 3. The van der Waals surface area contributed by atoms with Gasteiger partial charge in [0.15, 0.2) is 18.1 Å². The van der Waals surface area contributed by atoms with Gasteiger partial charge in [0.2, 0.25) is 0 Å². The average molecular weight is 475 g/mol. The first kappa shape index (κ1) is 24.8. The van der Waals surface area contributed by atoms with Crippen LogP contribution in [-0.4, -0.2) is 44.3 Å². The molecule has 3 amide bonds. The zero-order valence-electron chi connectivity index (χ0n) is 16.6. The molecule has 172 valence electrons. The van der Waals surface area contributed by atoms with E-state index in [1.807, 2.05) is 0 Å². The molecule has 0 aliphatic carbocycles. The summed E-state index contributed by atoms with van der Waals surface area (Å²) in [7, 11) is 1.37. The molecule has 0 heterocycles. The summed E-state index contributed by atoms with van der Waals surface area (Å²) in [5, 5.41) is 3.64. The van der Waals surface area contributed by atoms with Crippen LogP contribution in [-0.2, 0) is 16.1 Å². The predicted molar refractivity (Wildman–Crippen MR) is 107 cm³/mol. The van der Waals surface area contributed by atoms with E-state index >= 15 is 0 Å². The Morgan fingerprint density at radius 2 is 1.72 bits per heavy atom. The Hall–Kier alpha value is -3.47. The van der Waals surface area contributed by atoms with Crippen LogP contribution in [0.5, 0.6) is 11.5 Å². The van der Waals surface area contributed by atoms with Gasteiger partial charge in [-0.05, 0) is 35.9 Å². The Morgan fingerprint density at radius 3 is 2.34 bits per heavy atom. The van der Waals surface area contributed by atoms with E-state index in [9.17, 15) is 27.6 Å². The topological polar surface area (TPSA) is 103 Å². The number of ether oxygens (including phenoxy) is 3. The molecule has 0 unspecified atom stereocenters. The van der Waals surface area contributed by atoms with Crippen molar-refractivity contribution in [3.8, 4) is 11.5 Å². The molecule has 0 saturated carbocycles. The monoisotopic (exact) mass is 474 g/mol. The van der Waals surface area contributed by atoms with Gasteiger partial charge in [-0.25, -0.2) is 9.59 Å². The highest BCUT2D eigenvalue weighted by molar-refractivity contribution is 6.30. The molecule has 2 aromatic rings. The zero-order chi connectivity index (χ0) is 23.7. The van der Waals surface area contributed by atoms with Gasteiger partial charge in [0.25, 0.3) is 5.91 Å². The van der Waals surface area contributed by atoms with E-state index in [4.69, 9.17) is 25.8 Å². The number of hydrogen-bond acceptors (Lipinski definition) is 6. The first-order valence-electron chi connectivity index (χ1n) is 8.94. The fourth-order valence-corrected chi connectivity index (χ4v) is 2.38. The van der Waals surface area contributed by atoms with Crippen LogP contribution in [0.4, 0.5) is 18.0 Å². The molecule has 2 aromatic carbocycles. The van der Waals surface area contributed by atoms with Crippen molar-refractivity contribution in [1.29, 1.82) is 0 Å². The van der Waals surface area contributed by atoms with Crippen LogP contribution in [0, 0.1) is 0 Å². The number of hydrogen-bond donors (Lipinski definition) is 2. The maximum Gasteiger partial charge on any atom is 0.405 e. The predicted octanol–water partition coefficient (Wildman–Crippen LogP) is 3.47. The maximum atomic E-state index is 12.1. The number of methoxy groups -OCH3 is 1. The number of esters is 1. The van der Waals surface area contributed by atoms with E-state index in [-0.39, 0.29) is 17.9 Å². The van der Waals surface area contributed by atoms with Gasteiger partial charge in [-0.2, -0.15) is 13.2 Å². The number of amides is 3. The van der Waals surface area contributed by atoms with Crippen molar-refractivity contribution in [2.75, 3.05) is 20.3 Å². The van der Waals surface area contributed by atoms with Gasteiger partial charge in [0.05, 0.1) is 12.7 Å². The third-order valence-corrected chi connectivity index (χ3v) is 4.00. The molecule has 2 N–H and O–H groups in total. The summed E-state index contributed by atoms with van der Waals surface area (Å²) in [5.74, 6) is -1.45. The Labute approximate surface area is 185 Å². The van der Waals surface area contributed by atoms with Crippen molar-refractivity contribution in [2.45, 2.75) is 12.8 Å². The van der Waals surface area contributed by atoms with Crippen LogP contribution in [0.1, 0.15) is 15.9 Å². The van der Waals surface area contributed by atoms with Gasteiger partial charge in [-0.15, -0.1) is 0 Å². The fourth-order valence-electron chi connectivity index (χ4n) is 2.26. The second kappa shape index (κ2) is 11.2. The summed E-state index contributed by atoms with van der Waals surface area (Å²) in [6, 6.07) is 9.80. The minimum Gasteiger partial charge on any atom is -0.493 e. The molecule has 0 fully saturated rings. The minimum absolute atomic E-state index is 0.0232. The van der Waals surface area contributed by atoms with E-state index in [1.165, 1.54) is 30.6 Å². The van der Waals surface area contributed by atoms with Crippen molar-refractivity contribution in [1.82, 2.24) is 10.6 Å². The molecule has 0 bridgehead atoms. The molecular formula is C20H18ClF3N2O6. The van der Waals surface area contributed by atoms with E-state index in [1.54, 1.807) is 29.6 Å². The highest BCUT2D eigenvalue weighted by Gasteiger charge is 2.28. The standard InChI is InChI=1S/C20H18ClF3N2O6/c1-30-16-8-13(4-7-15(16)31-9-12-2-5-14(21)6-3-12)18(28)32-10-17(27)26-19(29)25-11-20(22,23)24/h2-8H,9-11H2,1H3,(H2,25,26,27,29). The molecule has 0 aliphatic rings. The van der Waals surface area contributed by atoms with Gasteiger partial charge in [0.1, 0.15) is 13.2 Å². The first-order chi connectivity index (χ1) is 15.1. The van der Waals surface area contributed by atoms with Crippen LogP contribution in [0.3, 0.4) is 0 Å². The van der Waals surface area contributed by atoms with Crippen molar-refractivity contribution < 1.29 is 41.8 Å². The Morgan fingerprint density at radius 1 is 1.03 bits per heavy atom. The smallest absolute Gasteiger partial charge is 0.405 e. The van der Waals surface area contributed by atoms with Crippen LogP contribution < -0.4 is 20.1 Å². The average Bonchev–Trinajstić information content (AvgIpc) is 2.75. The third-order valence-electron chi connectivity index (χ3n) is 3.74. The highest BCUT2D eigenvalue weighted by Crippen LogP contribution is 2.29. The Bertz CT molecular complexity index is 967. The normalized spacial score (nSPS) is 10.8. The molecular weight excluding hydrogens is 457 g/mol. The number of benzene rings is 2. The molecule has 0 atom stereocenters.